The molecule has 0 aliphatic heterocycles. The van der Waals surface area contributed by atoms with Gasteiger partial charge in [0, 0.05) is 11.4 Å². The summed E-state index contributed by atoms with van der Waals surface area (Å²) in [7, 11) is 2.88. The quantitative estimate of drug-likeness (QED) is 0.257. The van der Waals surface area contributed by atoms with Crippen LogP contribution in [-0.4, -0.2) is 51.7 Å². The molecule has 2 heterocycles. The summed E-state index contributed by atoms with van der Waals surface area (Å²) in [6, 6.07) is 7.15. The Morgan fingerprint density at radius 2 is 2.06 bits per heavy atom. The SMILES string of the molecule is COC(=O)Cc1csc(NC(=O)CSc2nnc(COc3cccc(OC)c3)n2N)n1. The number of amides is 1. The highest BCUT2D eigenvalue weighted by molar-refractivity contribution is 7.99. The van der Waals surface area contributed by atoms with E-state index in [2.05, 4.69) is 25.2 Å². The lowest BCUT2D eigenvalue weighted by Crippen LogP contribution is -2.18. The Bertz CT molecular complexity index is 1050. The van der Waals surface area contributed by atoms with Crippen molar-refractivity contribution in [3.8, 4) is 11.5 Å². The van der Waals surface area contributed by atoms with E-state index >= 15 is 0 Å². The maximum Gasteiger partial charge on any atom is 0.311 e. The molecule has 13 heteroatoms. The molecule has 0 radical (unpaired) electrons. The molecule has 0 unspecified atom stereocenters. The molecule has 31 heavy (non-hydrogen) atoms. The highest BCUT2D eigenvalue weighted by atomic mass is 32.2. The Kier molecular flexibility index (Phi) is 7.67. The van der Waals surface area contributed by atoms with Crippen LogP contribution in [0.3, 0.4) is 0 Å². The Hall–Kier alpha value is -3.32. The van der Waals surface area contributed by atoms with Crippen LogP contribution in [0.2, 0.25) is 0 Å². The number of ether oxygens (including phenoxy) is 3. The van der Waals surface area contributed by atoms with E-state index < -0.39 is 5.97 Å². The molecule has 3 aromatic rings. The molecule has 3 rings (SSSR count). The van der Waals surface area contributed by atoms with E-state index in [1.54, 1.807) is 24.6 Å². The van der Waals surface area contributed by atoms with Gasteiger partial charge in [-0.2, -0.15) is 0 Å². The summed E-state index contributed by atoms with van der Waals surface area (Å²) in [6.45, 7) is 0.103. The average Bonchev–Trinajstić information content (AvgIpc) is 3.36. The molecule has 0 spiro atoms. The molecule has 164 valence electrons. The number of rotatable bonds is 10. The number of thiazole rings is 1. The summed E-state index contributed by atoms with van der Waals surface area (Å²) in [6.07, 6.45) is 0.0501. The number of anilines is 1. The van der Waals surface area contributed by atoms with Gasteiger partial charge in [-0.05, 0) is 12.1 Å². The van der Waals surface area contributed by atoms with E-state index in [-0.39, 0.29) is 24.7 Å². The maximum atomic E-state index is 12.2. The van der Waals surface area contributed by atoms with E-state index in [4.69, 9.17) is 15.3 Å². The first-order chi connectivity index (χ1) is 15.0. The number of methoxy groups -OCH3 is 2. The van der Waals surface area contributed by atoms with Crippen LogP contribution in [0.25, 0.3) is 0 Å². The van der Waals surface area contributed by atoms with Crippen molar-refractivity contribution in [1.82, 2.24) is 19.9 Å². The Labute approximate surface area is 185 Å². The number of hydrogen-bond acceptors (Lipinski definition) is 11. The zero-order valence-corrected chi connectivity index (χ0v) is 18.4. The van der Waals surface area contributed by atoms with Gasteiger partial charge in [0.25, 0.3) is 0 Å². The van der Waals surface area contributed by atoms with Crippen LogP contribution in [-0.2, 0) is 27.4 Å². The van der Waals surface area contributed by atoms with Crippen LogP contribution < -0.4 is 20.6 Å². The van der Waals surface area contributed by atoms with Crippen molar-refractivity contribution in [2.24, 2.45) is 0 Å². The molecule has 0 saturated carbocycles. The van der Waals surface area contributed by atoms with Gasteiger partial charge in [-0.25, -0.2) is 9.66 Å². The third kappa shape index (κ3) is 6.33. The number of nitrogen functional groups attached to an aromatic ring is 1. The summed E-state index contributed by atoms with van der Waals surface area (Å²) in [5, 5.41) is 13.1. The standard InChI is InChI=1S/C18H20N6O5S2/c1-27-12-4-3-5-13(7-12)29-8-14-22-23-18(24(14)19)31-10-15(25)21-17-20-11(9-30-17)6-16(26)28-2/h3-5,7,9H,6,8,10,19H2,1-2H3,(H,20,21,25). The van der Waals surface area contributed by atoms with Crippen LogP contribution in [0.1, 0.15) is 11.5 Å². The number of thioether (sulfide) groups is 1. The molecule has 0 fully saturated rings. The molecule has 0 bridgehead atoms. The molecule has 0 saturated heterocycles. The van der Waals surface area contributed by atoms with Gasteiger partial charge in [-0.15, -0.1) is 21.5 Å². The molecule has 0 atom stereocenters. The molecule has 11 nitrogen and oxygen atoms in total. The number of carbonyl (C=O) groups excluding carboxylic acids is 2. The van der Waals surface area contributed by atoms with E-state index in [0.29, 0.717) is 33.3 Å². The summed E-state index contributed by atoms with van der Waals surface area (Å²) in [5.74, 6) is 7.05. The fourth-order valence-corrected chi connectivity index (χ4v) is 3.70. The number of aromatic nitrogens is 4. The third-order valence-corrected chi connectivity index (χ3v) is 5.58. The van der Waals surface area contributed by atoms with Gasteiger partial charge in [-0.3, -0.25) is 9.59 Å². The summed E-state index contributed by atoms with van der Waals surface area (Å²) < 4.78 is 16.7. The highest BCUT2D eigenvalue weighted by Gasteiger charge is 2.14. The molecular formula is C18H20N6O5S2. The first-order valence-corrected chi connectivity index (χ1v) is 10.7. The number of nitrogens with two attached hydrogens (primary N) is 1. The minimum absolute atomic E-state index is 0.0501. The lowest BCUT2D eigenvalue weighted by atomic mass is 10.3. The van der Waals surface area contributed by atoms with Gasteiger partial charge in [0.1, 0.15) is 18.1 Å². The topological polar surface area (TPSA) is 143 Å². The molecular weight excluding hydrogens is 444 g/mol. The van der Waals surface area contributed by atoms with E-state index in [1.807, 2.05) is 12.1 Å². The normalized spacial score (nSPS) is 10.5. The first kappa shape index (κ1) is 22.4. The minimum Gasteiger partial charge on any atom is -0.497 e. The summed E-state index contributed by atoms with van der Waals surface area (Å²) in [4.78, 5) is 27.6. The zero-order chi connectivity index (χ0) is 22.2. The van der Waals surface area contributed by atoms with E-state index in [9.17, 15) is 9.59 Å². The summed E-state index contributed by atoms with van der Waals surface area (Å²) >= 11 is 2.35. The summed E-state index contributed by atoms with van der Waals surface area (Å²) in [5.41, 5.74) is 0.530. The largest absolute Gasteiger partial charge is 0.497 e. The van der Waals surface area contributed by atoms with Gasteiger partial charge >= 0.3 is 5.97 Å². The monoisotopic (exact) mass is 464 g/mol. The predicted octanol–water partition coefficient (Wildman–Crippen LogP) is 1.48. The van der Waals surface area contributed by atoms with Crippen LogP contribution in [0.5, 0.6) is 11.5 Å². The Morgan fingerprint density at radius 1 is 1.26 bits per heavy atom. The number of carbonyl (C=O) groups is 2. The second-order valence-corrected chi connectivity index (χ2v) is 7.77. The molecule has 1 aromatic carbocycles. The van der Waals surface area contributed by atoms with Gasteiger partial charge in [0.15, 0.2) is 11.0 Å². The average molecular weight is 465 g/mol. The second-order valence-electron chi connectivity index (χ2n) is 5.97. The Morgan fingerprint density at radius 3 is 2.84 bits per heavy atom. The first-order valence-electron chi connectivity index (χ1n) is 8.88. The minimum atomic E-state index is -0.396. The molecule has 3 N–H and O–H groups in total. The lowest BCUT2D eigenvalue weighted by molar-refractivity contribution is -0.139. The van der Waals surface area contributed by atoms with E-state index in [1.165, 1.54) is 23.1 Å². The predicted molar refractivity (Wildman–Crippen MR) is 115 cm³/mol. The third-order valence-electron chi connectivity index (χ3n) is 3.83. The molecule has 0 aliphatic rings. The molecule has 1 amide bonds. The van der Waals surface area contributed by atoms with Gasteiger partial charge < -0.3 is 25.4 Å². The van der Waals surface area contributed by atoms with Crippen molar-refractivity contribution in [3.05, 3.63) is 41.2 Å². The Balaban J connectivity index is 1.49. The number of nitrogens with one attached hydrogen (secondary N) is 1. The smallest absolute Gasteiger partial charge is 0.311 e. The maximum absolute atomic E-state index is 12.2. The van der Waals surface area contributed by atoms with Gasteiger partial charge in [0.2, 0.25) is 11.1 Å². The van der Waals surface area contributed by atoms with Gasteiger partial charge in [0.05, 0.1) is 32.1 Å². The van der Waals surface area contributed by atoms with Crippen molar-refractivity contribution in [3.63, 3.8) is 0 Å². The van der Waals surface area contributed by atoms with Crippen LogP contribution >= 0.6 is 23.1 Å². The van der Waals surface area contributed by atoms with Crippen molar-refractivity contribution >= 4 is 40.1 Å². The van der Waals surface area contributed by atoms with Crippen LogP contribution in [0, 0.1) is 0 Å². The highest BCUT2D eigenvalue weighted by Crippen LogP contribution is 2.21. The lowest BCUT2D eigenvalue weighted by Gasteiger charge is -2.07. The van der Waals surface area contributed by atoms with Gasteiger partial charge in [-0.1, -0.05) is 17.8 Å². The zero-order valence-electron chi connectivity index (χ0n) is 16.7. The van der Waals surface area contributed by atoms with Crippen LogP contribution in [0.4, 0.5) is 5.13 Å². The molecule has 2 aromatic heterocycles. The van der Waals surface area contributed by atoms with Crippen molar-refractivity contribution in [1.29, 1.82) is 0 Å². The number of benzene rings is 1. The van der Waals surface area contributed by atoms with Crippen molar-refractivity contribution in [2.45, 2.75) is 18.2 Å². The fraction of sp³-hybridized carbons (Fsp3) is 0.278. The van der Waals surface area contributed by atoms with E-state index in [0.717, 1.165) is 11.8 Å². The van der Waals surface area contributed by atoms with Crippen LogP contribution in [0.15, 0.2) is 34.8 Å². The second kappa shape index (κ2) is 10.6. The number of hydrogen-bond donors (Lipinski definition) is 2. The number of esters is 1. The van der Waals surface area contributed by atoms with Crippen molar-refractivity contribution < 1.29 is 23.8 Å². The molecule has 0 aliphatic carbocycles. The number of nitrogens with zero attached hydrogens (tertiary/aromatic N) is 4. The van der Waals surface area contributed by atoms with Crippen molar-refractivity contribution in [2.75, 3.05) is 31.1 Å². The fourth-order valence-electron chi connectivity index (χ4n) is 2.29.